The van der Waals surface area contributed by atoms with Gasteiger partial charge in [0.2, 0.25) is 0 Å². The second kappa shape index (κ2) is 3.97. The van der Waals surface area contributed by atoms with Gasteiger partial charge in [-0.25, -0.2) is 9.59 Å². The van der Waals surface area contributed by atoms with Gasteiger partial charge in [-0.2, -0.15) is 0 Å². The number of carboxylic acid groups (broad SMARTS) is 2. The van der Waals surface area contributed by atoms with E-state index in [0.29, 0.717) is 12.8 Å². The summed E-state index contributed by atoms with van der Waals surface area (Å²) in [7, 11) is 0. The van der Waals surface area contributed by atoms with Gasteiger partial charge in [-0.05, 0) is 19.3 Å². The molecule has 6 heteroatoms. The van der Waals surface area contributed by atoms with E-state index in [4.69, 9.17) is 10.2 Å². The van der Waals surface area contributed by atoms with E-state index < -0.39 is 12.2 Å². The molecule has 1 fully saturated rings. The molecule has 0 saturated heterocycles. The number of nitrogens with one attached hydrogen (secondary N) is 2. The zero-order chi connectivity index (χ0) is 9.84. The fourth-order valence-electron chi connectivity index (χ4n) is 1.62. The van der Waals surface area contributed by atoms with Crippen molar-refractivity contribution in [1.29, 1.82) is 0 Å². The van der Waals surface area contributed by atoms with Gasteiger partial charge in [-0.15, -0.1) is 0 Å². The van der Waals surface area contributed by atoms with Crippen molar-refractivity contribution < 1.29 is 19.8 Å². The summed E-state index contributed by atoms with van der Waals surface area (Å²) in [6, 6.07) is -0.567. The van der Waals surface area contributed by atoms with Crippen molar-refractivity contribution >= 4 is 12.2 Å². The van der Waals surface area contributed by atoms with Crippen molar-refractivity contribution in [3.8, 4) is 0 Å². The third kappa shape index (κ3) is 2.81. The summed E-state index contributed by atoms with van der Waals surface area (Å²) >= 11 is 0. The molecule has 0 aromatic carbocycles. The first-order valence-electron chi connectivity index (χ1n) is 4.08. The molecule has 6 nitrogen and oxygen atoms in total. The van der Waals surface area contributed by atoms with Crippen molar-refractivity contribution in [2.24, 2.45) is 0 Å². The summed E-state index contributed by atoms with van der Waals surface area (Å²) in [6.07, 6.45) is 0.0119. The van der Waals surface area contributed by atoms with Crippen LogP contribution in [0.3, 0.4) is 0 Å². The zero-order valence-electron chi connectivity index (χ0n) is 6.99. The van der Waals surface area contributed by atoms with Crippen LogP contribution in [-0.2, 0) is 0 Å². The number of rotatable bonds is 2. The lowest BCUT2D eigenvalue weighted by Gasteiger charge is -2.18. The molecule has 0 aromatic heterocycles. The molecule has 0 aliphatic heterocycles. The number of hydrogen-bond acceptors (Lipinski definition) is 2. The summed E-state index contributed by atoms with van der Waals surface area (Å²) in [6.45, 7) is 0. The predicted molar refractivity (Wildman–Crippen MR) is 43.7 cm³/mol. The molecule has 13 heavy (non-hydrogen) atoms. The Balaban J connectivity index is 2.43. The Labute approximate surface area is 74.9 Å². The van der Waals surface area contributed by atoms with Crippen LogP contribution in [-0.4, -0.2) is 34.5 Å². The van der Waals surface area contributed by atoms with Crippen LogP contribution in [0.4, 0.5) is 9.59 Å². The second-order valence-corrected chi connectivity index (χ2v) is 3.04. The Morgan fingerprint density at radius 1 is 1.00 bits per heavy atom. The van der Waals surface area contributed by atoms with Crippen LogP contribution in [0.5, 0.6) is 0 Å². The van der Waals surface area contributed by atoms with Gasteiger partial charge in [0.05, 0.1) is 12.1 Å². The molecule has 74 valence electrons. The summed E-state index contributed by atoms with van der Waals surface area (Å²) in [5.41, 5.74) is 0. The van der Waals surface area contributed by atoms with Crippen LogP contribution in [0.25, 0.3) is 0 Å². The van der Waals surface area contributed by atoms with Crippen LogP contribution in [0.2, 0.25) is 0 Å². The minimum atomic E-state index is -1.11. The average molecular weight is 188 g/mol. The summed E-state index contributed by atoms with van der Waals surface area (Å²) < 4.78 is 0. The summed E-state index contributed by atoms with van der Waals surface area (Å²) in [4.78, 5) is 20.6. The molecule has 2 amide bonds. The molecule has 1 rings (SSSR count). The molecule has 1 saturated carbocycles. The molecule has 1 aliphatic rings. The SMILES string of the molecule is O=C(O)N[C@H]1CCC[C@H]1NC(=O)O. The first-order valence-corrected chi connectivity index (χ1v) is 4.08. The van der Waals surface area contributed by atoms with E-state index in [2.05, 4.69) is 10.6 Å². The van der Waals surface area contributed by atoms with Crippen LogP contribution in [0.15, 0.2) is 0 Å². The van der Waals surface area contributed by atoms with Crippen molar-refractivity contribution in [2.75, 3.05) is 0 Å². The Hall–Kier alpha value is -1.46. The van der Waals surface area contributed by atoms with Gasteiger partial charge >= 0.3 is 12.2 Å². The molecule has 1 aliphatic carbocycles. The molecule has 0 spiro atoms. The van der Waals surface area contributed by atoms with Crippen LogP contribution in [0, 0.1) is 0 Å². The van der Waals surface area contributed by atoms with Gasteiger partial charge in [-0.1, -0.05) is 0 Å². The topological polar surface area (TPSA) is 98.7 Å². The van der Waals surface area contributed by atoms with Crippen LogP contribution < -0.4 is 10.6 Å². The fraction of sp³-hybridized carbons (Fsp3) is 0.714. The zero-order valence-corrected chi connectivity index (χ0v) is 6.99. The van der Waals surface area contributed by atoms with E-state index in [1.165, 1.54) is 0 Å². The maximum absolute atomic E-state index is 10.3. The van der Waals surface area contributed by atoms with E-state index in [9.17, 15) is 9.59 Å². The first-order chi connectivity index (χ1) is 6.09. The Morgan fingerprint density at radius 2 is 1.38 bits per heavy atom. The smallest absolute Gasteiger partial charge is 0.404 e. The molecule has 0 heterocycles. The minimum absolute atomic E-state index is 0.284. The maximum Gasteiger partial charge on any atom is 0.404 e. The molecule has 4 N–H and O–H groups in total. The van der Waals surface area contributed by atoms with E-state index >= 15 is 0 Å². The largest absolute Gasteiger partial charge is 0.465 e. The molecule has 0 bridgehead atoms. The molecular weight excluding hydrogens is 176 g/mol. The quantitative estimate of drug-likeness (QED) is 0.505. The summed E-state index contributed by atoms with van der Waals surface area (Å²) in [5.74, 6) is 0. The monoisotopic (exact) mass is 188 g/mol. The lowest BCUT2D eigenvalue weighted by atomic mass is 10.2. The minimum Gasteiger partial charge on any atom is -0.465 e. The van der Waals surface area contributed by atoms with Crippen molar-refractivity contribution in [2.45, 2.75) is 31.3 Å². The lowest BCUT2D eigenvalue weighted by Crippen LogP contribution is -2.47. The van der Waals surface area contributed by atoms with E-state index in [1.54, 1.807) is 0 Å². The third-order valence-corrected chi connectivity index (χ3v) is 2.13. The number of amides is 2. The fourth-order valence-corrected chi connectivity index (χ4v) is 1.62. The normalized spacial score (nSPS) is 26.8. The molecule has 0 unspecified atom stereocenters. The van der Waals surface area contributed by atoms with E-state index in [-0.39, 0.29) is 12.1 Å². The molecule has 2 atom stereocenters. The third-order valence-electron chi connectivity index (χ3n) is 2.13. The van der Waals surface area contributed by atoms with E-state index in [1.807, 2.05) is 0 Å². The lowest BCUT2D eigenvalue weighted by molar-refractivity contribution is 0.178. The second-order valence-electron chi connectivity index (χ2n) is 3.04. The van der Waals surface area contributed by atoms with Gasteiger partial charge in [-0.3, -0.25) is 0 Å². The van der Waals surface area contributed by atoms with Crippen LogP contribution >= 0.6 is 0 Å². The Bertz CT molecular complexity index is 197. The predicted octanol–water partition coefficient (Wildman–Crippen LogP) is 0.443. The van der Waals surface area contributed by atoms with Crippen molar-refractivity contribution in [3.63, 3.8) is 0 Å². The average Bonchev–Trinajstić information content (AvgIpc) is 2.34. The van der Waals surface area contributed by atoms with Gasteiger partial charge in [0, 0.05) is 0 Å². The summed E-state index contributed by atoms with van der Waals surface area (Å²) in [5, 5.41) is 21.5. The van der Waals surface area contributed by atoms with Gasteiger partial charge < -0.3 is 20.8 Å². The highest BCUT2D eigenvalue weighted by Crippen LogP contribution is 2.18. The number of carbonyl (C=O) groups is 2. The van der Waals surface area contributed by atoms with Crippen molar-refractivity contribution in [1.82, 2.24) is 10.6 Å². The Kier molecular flexibility index (Phi) is 2.94. The number of hydrogen-bond donors (Lipinski definition) is 4. The maximum atomic E-state index is 10.3. The van der Waals surface area contributed by atoms with Gasteiger partial charge in [0.25, 0.3) is 0 Å². The standard InChI is InChI=1S/C7H12N2O4/c10-6(11)8-4-2-1-3-5(4)9-7(12)13/h4-5,8-9H,1-3H2,(H,10,11)(H,12,13)/t4-,5+. The Morgan fingerprint density at radius 3 is 1.69 bits per heavy atom. The van der Waals surface area contributed by atoms with Crippen molar-refractivity contribution in [3.05, 3.63) is 0 Å². The highest BCUT2D eigenvalue weighted by Gasteiger charge is 2.29. The first kappa shape index (κ1) is 9.63. The van der Waals surface area contributed by atoms with Gasteiger partial charge in [0.1, 0.15) is 0 Å². The molecular formula is C7H12N2O4. The van der Waals surface area contributed by atoms with E-state index in [0.717, 1.165) is 6.42 Å². The van der Waals surface area contributed by atoms with Crippen LogP contribution in [0.1, 0.15) is 19.3 Å². The highest BCUT2D eigenvalue weighted by atomic mass is 16.4. The molecule has 0 radical (unpaired) electrons. The highest BCUT2D eigenvalue weighted by molar-refractivity contribution is 5.67. The van der Waals surface area contributed by atoms with Gasteiger partial charge in [0.15, 0.2) is 0 Å². The molecule has 0 aromatic rings.